The molecule has 1 aromatic rings. The molecule has 23 heavy (non-hydrogen) atoms. The fourth-order valence-corrected chi connectivity index (χ4v) is 4.98. The quantitative estimate of drug-likeness (QED) is 0.463. The van der Waals surface area contributed by atoms with Crippen molar-refractivity contribution in [1.82, 2.24) is 0 Å². The third-order valence-electron chi connectivity index (χ3n) is 6.56. The standard InChI is InChI=1S/C18H28S.2C2H6/c1-15(2)13-11-9-10-12-14(13)19-18(7,8)17(5,6)16(15,3)4;2*1-2/h9-12H,1-8H3;2*1-2H3. The number of rotatable bonds is 0. The Balaban J connectivity index is 0.00000112. The van der Waals surface area contributed by atoms with E-state index in [0.717, 1.165) is 0 Å². The Labute approximate surface area is 150 Å². The van der Waals surface area contributed by atoms with Crippen LogP contribution in [0, 0.1) is 10.8 Å². The third-order valence-corrected chi connectivity index (χ3v) is 8.15. The summed E-state index contributed by atoms with van der Waals surface area (Å²) in [5.74, 6) is 0. The van der Waals surface area contributed by atoms with Crippen molar-refractivity contribution in [2.24, 2.45) is 10.8 Å². The lowest BCUT2D eigenvalue weighted by atomic mass is 9.50. The topological polar surface area (TPSA) is 0 Å². The molecule has 0 aliphatic carbocycles. The van der Waals surface area contributed by atoms with E-state index in [0.29, 0.717) is 0 Å². The summed E-state index contributed by atoms with van der Waals surface area (Å²) >= 11 is 2.05. The van der Waals surface area contributed by atoms with Gasteiger partial charge in [-0.25, -0.2) is 0 Å². The van der Waals surface area contributed by atoms with Gasteiger partial charge in [0.15, 0.2) is 0 Å². The Bertz CT molecular complexity index is 492. The van der Waals surface area contributed by atoms with Crippen molar-refractivity contribution in [2.45, 2.75) is 98.1 Å². The predicted octanol–water partition coefficient (Wildman–Crippen LogP) is 7.95. The molecule has 0 radical (unpaired) electrons. The molecule has 0 bridgehead atoms. The van der Waals surface area contributed by atoms with Gasteiger partial charge >= 0.3 is 0 Å². The van der Waals surface area contributed by atoms with Gasteiger partial charge in [0, 0.05) is 9.64 Å². The van der Waals surface area contributed by atoms with E-state index in [1.807, 2.05) is 39.5 Å². The van der Waals surface area contributed by atoms with Crippen LogP contribution in [0.5, 0.6) is 0 Å². The fraction of sp³-hybridized carbons (Fsp3) is 0.727. The van der Waals surface area contributed by atoms with Gasteiger partial charge in [-0.05, 0) is 41.7 Å². The summed E-state index contributed by atoms with van der Waals surface area (Å²) in [7, 11) is 0. The molecule has 0 amide bonds. The molecule has 1 aliphatic rings. The first-order valence-corrected chi connectivity index (χ1v) is 10.1. The maximum absolute atomic E-state index is 2.44. The Morgan fingerprint density at radius 3 is 1.57 bits per heavy atom. The molecule has 0 saturated heterocycles. The van der Waals surface area contributed by atoms with Crippen LogP contribution in [-0.2, 0) is 5.41 Å². The zero-order valence-corrected chi connectivity index (χ0v) is 18.5. The lowest BCUT2D eigenvalue weighted by Crippen LogP contribution is -2.53. The van der Waals surface area contributed by atoms with Gasteiger partial charge in [0.2, 0.25) is 0 Å². The highest BCUT2D eigenvalue weighted by molar-refractivity contribution is 8.00. The van der Waals surface area contributed by atoms with Crippen LogP contribution >= 0.6 is 11.8 Å². The third kappa shape index (κ3) is 3.50. The minimum absolute atomic E-state index is 0.161. The van der Waals surface area contributed by atoms with Crippen LogP contribution in [0.3, 0.4) is 0 Å². The molecule has 1 aromatic carbocycles. The van der Waals surface area contributed by atoms with Crippen LogP contribution in [0.1, 0.15) is 88.6 Å². The van der Waals surface area contributed by atoms with E-state index in [9.17, 15) is 0 Å². The van der Waals surface area contributed by atoms with E-state index in [-0.39, 0.29) is 21.0 Å². The van der Waals surface area contributed by atoms with E-state index >= 15 is 0 Å². The first-order valence-electron chi connectivity index (χ1n) is 9.24. The number of benzene rings is 1. The van der Waals surface area contributed by atoms with Crippen LogP contribution in [-0.4, -0.2) is 4.75 Å². The smallest absolute Gasteiger partial charge is 0.0207 e. The van der Waals surface area contributed by atoms with Gasteiger partial charge in [-0.15, -0.1) is 11.8 Å². The van der Waals surface area contributed by atoms with Crippen LogP contribution < -0.4 is 0 Å². The summed E-state index contributed by atoms with van der Waals surface area (Å²) in [6.07, 6.45) is 0. The SMILES string of the molecule is CC.CC.CC1(C)Sc2ccccc2C(C)(C)C(C)(C)C1(C)C. The van der Waals surface area contributed by atoms with E-state index in [2.05, 4.69) is 79.7 Å². The summed E-state index contributed by atoms with van der Waals surface area (Å²) in [5, 5.41) is 0. The highest BCUT2D eigenvalue weighted by Crippen LogP contribution is 2.64. The molecular weight excluding hydrogens is 296 g/mol. The summed E-state index contributed by atoms with van der Waals surface area (Å²) in [6, 6.07) is 8.97. The molecule has 0 saturated carbocycles. The first-order chi connectivity index (χ1) is 10.5. The molecule has 0 fully saturated rings. The number of thioether (sulfide) groups is 1. The van der Waals surface area contributed by atoms with Crippen molar-refractivity contribution in [3.8, 4) is 0 Å². The lowest BCUT2D eigenvalue weighted by molar-refractivity contribution is 0.00815. The fourth-order valence-electron chi connectivity index (χ4n) is 3.34. The van der Waals surface area contributed by atoms with Gasteiger partial charge in [0.05, 0.1) is 0 Å². The molecule has 0 unspecified atom stereocenters. The molecule has 2 rings (SSSR count). The molecule has 1 heteroatoms. The minimum atomic E-state index is 0.161. The Hall–Kier alpha value is -0.430. The predicted molar refractivity (Wildman–Crippen MR) is 110 cm³/mol. The summed E-state index contributed by atoms with van der Waals surface area (Å²) in [4.78, 5) is 1.45. The second-order valence-corrected chi connectivity index (χ2v) is 9.65. The highest BCUT2D eigenvalue weighted by atomic mass is 32.2. The van der Waals surface area contributed by atoms with Crippen LogP contribution in [0.2, 0.25) is 0 Å². The molecule has 1 heterocycles. The Morgan fingerprint density at radius 1 is 0.652 bits per heavy atom. The van der Waals surface area contributed by atoms with E-state index in [4.69, 9.17) is 0 Å². The molecule has 0 spiro atoms. The monoisotopic (exact) mass is 336 g/mol. The molecular formula is C22H40S. The van der Waals surface area contributed by atoms with Gasteiger partial charge in [0.25, 0.3) is 0 Å². The van der Waals surface area contributed by atoms with Crippen molar-refractivity contribution in [1.29, 1.82) is 0 Å². The van der Waals surface area contributed by atoms with Crippen molar-refractivity contribution in [3.05, 3.63) is 29.8 Å². The maximum Gasteiger partial charge on any atom is 0.0207 e. The van der Waals surface area contributed by atoms with E-state index < -0.39 is 0 Å². The highest BCUT2D eigenvalue weighted by Gasteiger charge is 2.57. The molecule has 1 aliphatic heterocycles. The molecule has 0 aromatic heterocycles. The van der Waals surface area contributed by atoms with Gasteiger partial charge in [-0.1, -0.05) is 87.4 Å². The zero-order chi connectivity index (χ0) is 18.7. The molecule has 0 N–H and O–H groups in total. The van der Waals surface area contributed by atoms with Crippen LogP contribution in [0.15, 0.2) is 29.2 Å². The number of hydrogen-bond donors (Lipinski definition) is 0. The first kappa shape index (κ1) is 22.6. The van der Waals surface area contributed by atoms with Gasteiger partial charge in [-0.3, -0.25) is 0 Å². The number of fused-ring (bicyclic) bond motifs is 1. The zero-order valence-electron chi connectivity index (χ0n) is 17.7. The van der Waals surface area contributed by atoms with Crippen LogP contribution in [0.4, 0.5) is 0 Å². The Kier molecular flexibility index (Phi) is 7.49. The molecule has 134 valence electrons. The second-order valence-electron chi connectivity index (χ2n) is 7.98. The van der Waals surface area contributed by atoms with Crippen molar-refractivity contribution >= 4 is 11.8 Å². The molecule has 0 atom stereocenters. The Morgan fingerprint density at radius 2 is 1.09 bits per heavy atom. The number of hydrogen-bond acceptors (Lipinski definition) is 1. The van der Waals surface area contributed by atoms with Gasteiger partial charge in [-0.2, -0.15) is 0 Å². The van der Waals surface area contributed by atoms with E-state index in [1.54, 1.807) is 0 Å². The molecule has 0 nitrogen and oxygen atoms in total. The average Bonchev–Trinajstić information content (AvgIpc) is 2.52. The average molecular weight is 337 g/mol. The van der Waals surface area contributed by atoms with Crippen molar-refractivity contribution in [2.75, 3.05) is 0 Å². The summed E-state index contributed by atoms with van der Waals surface area (Å²) in [6.45, 7) is 27.4. The van der Waals surface area contributed by atoms with Gasteiger partial charge in [0.1, 0.15) is 0 Å². The summed E-state index contributed by atoms with van der Waals surface area (Å²) < 4.78 is 0.209. The van der Waals surface area contributed by atoms with E-state index in [1.165, 1.54) is 10.5 Å². The lowest BCUT2D eigenvalue weighted by Gasteiger charge is -2.56. The normalized spacial score (nSPS) is 22.3. The summed E-state index contributed by atoms with van der Waals surface area (Å²) in [5.41, 5.74) is 2.10. The minimum Gasteiger partial charge on any atom is -0.119 e. The maximum atomic E-state index is 2.44. The van der Waals surface area contributed by atoms with Crippen LogP contribution in [0.25, 0.3) is 0 Å². The van der Waals surface area contributed by atoms with Crippen molar-refractivity contribution < 1.29 is 0 Å². The van der Waals surface area contributed by atoms with Crippen molar-refractivity contribution in [3.63, 3.8) is 0 Å². The van der Waals surface area contributed by atoms with Gasteiger partial charge < -0.3 is 0 Å². The largest absolute Gasteiger partial charge is 0.119 e. The second kappa shape index (κ2) is 7.64.